The van der Waals surface area contributed by atoms with Crippen molar-refractivity contribution in [1.29, 1.82) is 0 Å². The van der Waals surface area contributed by atoms with Crippen molar-refractivity contribution in [3.63, 3.8) is 0 Å². The Morgan fingerprint density at radius 1 is 0.692 bits per heavy atom. The zero-order chi connectivity index (χ0) is 26.7. The molecule has 2 atom stereocenters. The van der Waals surface area contributed by atoms with Crippen LogP contribution in [0, 0.1) is 5.41 Å². The maximum absolute atomic E-state index is 14.4. The van der Waals surface area contributed by atoms with E-state index in [-0.39, 0.29) is 23.8 Å². The molecule has 6 nitrogen and oxygen atoms in total. The second-order valence-electron chi connectivity index (χ2n) is 11.2. The van der Waals surface area contributed by atoms with Gasteiger partial charge >= 0.3 is 0 Å². The van der Waals surface area contributed by atoms with E-state index in [2.05, 4.69) is 0 Å². The molecule has 0 spiro atoms. The molecule has 2 aromatic carbocycles. The lowest BCUT2D eigenvalue weighted by molar-refractivity contribution is -0.141. The number of Topliss-reactive ketones (excluding diaryl/α,β-unsaturated/α-hetero) is 2. The third kappa shape index (κ3) is 5.73. The summed E-state index contributed by atoms with van der Waals surface area (Å²) in [5.41, 5.74) is 2.34. The molecule has 4 heterocycles. The number of furan rings is 2. The molecule has 0 bridgehead atoms. The van der Waals surface area contributed by atoms with Gasteiger partial charge in [-0.3, -0.25) is 9.59 Å². The molecule has 204 valence electrons. The molecule has 0 N–H and O–H groups in total. The third-order valence-electron chi connectivity index (χ3n) is 8.55. The number of fused-ring (bicyclic) bond motifs is 2. The van der Waals surface area contributed by atoms with Gasteiger partial charge in [0.1, 0.15) is 22.7 Å². The monoisotopic (exact) mass is 528 g/mol. The van der Waals surface area contributed by atoms with Gasteiger partial charge in [-0.25, -0.2) is 0 Å². The largest absolute Gasteiger partial charge is 0.464 e. The van der Waals surface area contributed by atoms with Gasteiger partial charge < -0.3 is 18.3 Å². The summed E-state index contributed by atoms with van der Waals surface area (Å²) in [4.78, 5) is 28.7. The predicted molar refractivity (Wildman–Crippen MR) is 149 cm³/mol. The molecule has 6 rings (SSSR count). The normalized spacial score (nSPS) is 19.8. The summed E-state index contributed by atoms with van der Waals surface area (Å²) in [7, 11) is 0. The molecule has 39 heavy (non-hydrogen) atoms. The van der Waals surface area contributed by atoms with Crippen LogP contribution in [0.5, 0.6) is 0 Å². The molecule has 0 amide bonds. The van der Waals surface area contributed by atoms with E-state index in [0.717, 1.165) is 72.0 Å². The first-order valence-corrected chi connectivity index (χ1v) is 14.3. The Labute approximate surface area is 228 Å². The van der Waals surface area contributed by atoms with Crippen LogP contribution in [0.4, 0.5) is 0 Å². The maximum Gasteiger partial charge on any atom is 0.147 e. The molecule has 0 aliphatic carbocycles. The number of ether oxygens (including phenoxy) is 2. The van der Waals surface area contributed by atoms with Crippen molar-refractivity contribution < 1.29 is 27.9 Å². The van der Waals surface area contributed by atoms with Crippen molar-refractivity contribution in [3.05, 3.63) is 72.2 Å². The minimum Gasteiger partial charge on any atom is -0.464 e. The Kier molecular flexibility index (Phi) is 7.67. The van der Waals surface area contributed by atoms with Crippen LogP contribution < -0.4 is 0 Å². The second kappa shape index (κ2) is 11.5. The number of hydrogen-bond donors (Lipinski definition) is 0. The summed E-state index contributed by atoms with van der Waals surface area (Å²) in [6.45, 7) is 1.50. The summed E-state index contributed by atoms with van der Waals surface area (Å²) in [6, 6.07) is 15.8. The quantitative estimate of drug-likeness (QED) is 0.184. The van der Waals surface area contributed by atoms with E-state index in [1.54, 1.807) is 12.5 Å². The zero-order valence-corrected chi connectivity index (χ0v) is 22.4. The topological polar surface area (TPSA) is 78.9 Å². The van der Waals surface area contributed by atoms with Crippen LogP contribution in [-0.2, 0) is 31.9 Å². The molecule has 2 aliphatic rings. The standard InChI is InChI=1S/C33H36O6/c34-31(11-7-27-3-1-15-36-27)33(32(35)12-8-28-4-2-16-37-28,21-23-5-9-29-25(19-23)13-17-38-29)22-24-6-10-30-26(20-24)14-18-39-30/h5-6,9-10,13-14,17-20,27-28H,1-4,7-8,11-12,15-16,21-22H2. The van der Waals surface area contributed by atoms with Gasteiger partial charge in [-0.1, -0.05) is 12.1 Å². The maximum atomic E-state index is 14.4. The highest BCUT2D eigenvalue weighted by Gasteiger charge is 2.45. The van der Waals surface area contributed by atoms with Gasteiger partial charge in [-0.05, 0) is 98.9 Å². The van der Waals surface area contributed by atoms with Crippen LogP contribution in [0.3, 0.4) is 0 Å². The molecule has 2 aromatic heterocycles. The number of rotatable bonds is 12. The van der Waals surface area contributed by atoms with E-state index in [0.29, 0.717) is 38.5 Å². The summed E-state index contributed by atoms with van der Waals surface area (Å²) in [5.74, 6) is 0.0184. The second-order valence-corrected chi connectivity index (χ2v) is 11.2. The van der Waals surface area contributed by atoms with Gasteiger partial charge in [0.15, 0.2) is 0 Å². The predicted octanol–water partition coefficient (Wildman–Crippen LogP) is 7.01. The van der Waals surface area contributed by atoms with E-state index < -0.39 is 5.41 Å². The van der Waals surface area contributed by atoms with E-state index in [1.807, 2.05) is 48.5 Å². The van der Waals surface area contributed by atoms with Crippen molar-refractivity contribution in [1.82, 2.24) is 0 Å². The highest BCUT2D eigenvalue weighted by atomic mass is 16.5. The molecule has 2 saturated heterocycles. The fraction of sp³-hybridized carbons (Fsp3) is 0.455. The lowest BCUT2D eigenvalue weighted by Gasteiger charge is -2.32. The first kappa shape index (κ1) is 26.0. The van der Waals surface area contributed by atoms with E-state index in [4.69, 9.17) is 18.3 Å². The first-order valence-electron chi connectivity index (χ1n) is 14.3. The Bertz CT molecular complexity index is 1320. The Balaban J connectivity index is 1.36. The molecule has 0 saturated carbocycles. The van der Waals surface area contributed by atoms with Crippen molar-refractivity contribution in [3.8, 4) is 0 Å². The molecule has 2 aliphatic heterocycles. The highest BCUT2D eigenvalue weighted by Crippen LogP contribution is 2.37. The minimum atomic E-state index is -1.17. The number of carbonyl (C=O) groups excluding carboxylic acids is 2. The van der Waals surface area contributed by atoms with Crippen LogP contribution >= 0.6 is 0 Å². The van der Waals surface area contributed by atoms with Crippen LogP contribution in [0.25, 0.3) is 21.9 Å². The molecule has 2 unspecified atom stereocenters. The van der Waals surface area contributed by atoms with Gasteiger partial charge in [0.25, 0.3) is 0 Å². The Morgan fingerprint density at radius 2 is 1.18 bits per heavy atom. The zero-order valence-electron chi connectivity index (χ0n) is 22.4. The van der Waals surface area contributed by atoms with Crippen molar-refractivity contribution in [2.24, 2.45) is 5.41 Å². The third-order valence-corrected chi connectivity index (χ3v) is 8.55. The molecule has 4 aromatic rings. The fourth-order valence-corrected chi connectivity index (χ4v) is 6.37. The van der Waals surface area contributed by atoms with Crippen LogP contribution in [0.2, 0.25) is 0 Å². The summed E-state index contributed by atoms with van der Waals surface area (Å²) >= 11 is 0. The Morgan fingerprint density at radius 3 is 1.62 bits per heavy atom. The van der Waals surface area contributed by atoms with Crippen LogP contribution in [0.1, 0.15) is 62.5 Å². The first-order chi connectivity index (χ1) is 19.1. The summed E-state index contributed by atoms with van der Waals surface area (Å²) < 4.78 is 22.8. The average Bonchev–Trinajstić information content (AvgIpc) is 3.77. The SMILES string of the molecule is O=C(CCC1CCCO1)C(Cc1ccc2occc2c1)(Cc1ccc2occc2c1)C(=O)CCC1CCCO1. The van der Waals surface area contributed by atoms with Gasteiger partial charge in [0, 0.05) is 36.8 Å². The number of benzene rings is 2. The van der Waals surface area contributed by atoms with Crippen LogP contribution in [0.15, 0.2) is 69.9 Å². The lowest BCUT2D eigenvalue weighted by atomic mass is 9.67. The summed E-state index contributed by atoms with van der Waals surface area (Å²) in [6.07, 6.45) is 10.2. The highest BCUT2D eigenvalue weighted by molar-refractivity contribution is 6.07. The van der Waals surface area contributed by atoms with E-state index >= 15 is 0 Å². The van der Waals surface area contributed by atoms with E-state index in [9.17, 15) is 9.59 Å². The van der Waals surface area contributed by atoms with Gasteiger partial charge in [-0.2, -0.15) is 0 Å². The number of carbonyl (C=O) groups is 2. The minimum absolute atomic E-state index is 0.00919. The van der Waals surface area contributed by atoms with Gasteiger partial charge in [-0.15, -0.1) is 0 Å². The van der Waals surface area contributed by atoms with Crippen molar-refractivity contribution in [2.45, 2.75) is 76.4 Å². The Hall–Kier alpha value is -3.22. The van der Waals surface area contributed by atoms with Gasteiger partial charge in [0.2, 0.25) is 0 Å². The number of ketones is 2. The molecule has 2 fully saturated rings. The van der Waals surface area contributed by atoms with Crippen molar-refractivity contribution >= 4 is 33.5 Å². The lowest BCUT2D eigenvalue weighted by Crippen LogP contribution is -2.44. The van der Waals surface area contributed by atoms with Crippen molar-refractivity contribution in [2.75, 3.05) is 13.2 Å². The number of hydrogen-bond acceptors (Lipinski definition) is 6. The van der Waals surface area contributed by atoms with Crippen LogP contribution in [-0.4, -0.2) is 37.0 Å². The average molecular weight is 529 g/mol. The molecular weight excluding hydrogens is 492 g/mol. The molecular formula is C33H36O6. The fourth-order valence-electron chi connectivity index (χ4n) is 6.37. The smallest absolute Gasteiger partial charge is 0.147 e. The van der Waals surface area contributed by atoms with Gasteiger partial charge in [0.05, 0.1) is 30.1 Å². The molecule has 0 radical (unpaired) electrons. The molecule has 6 heteroatoms. The van der Waals surface area contributed by atoms with E-state index in [1.165, 1.54) is 0 Å². The summed E-state index contributed by atoms with van der Waals surface area (Å²) in [5, 5.41) is 1.94.